The maximum atomic E-state index is 13.4. The van der Waals surface area contributed by atoms with Gasteiger partial charge >= 0.3 is 5.97 Å². The smallest absolute Gasteiger partial charge is 0.312 e. The summed E-state index contributed by atoms with van der Waals surface area (Å²) in [4.78, 5) is 43.1. The van der Waals surface area contributed by atoms with E-state index in [1.165, 1.54) is 5.56 Å². The Hall–Kier alpha value is -4.14. The molecule has 3 aromatic rings. The Bertz CT molecular complexity index is 1410. The van der Waals surface area contributed by atoms with E-state index in [2.05, 4.69) is 33.1 Å². The highest BCUT2D eigenvalue weighted by Crippen LogP contribution is 2.37. The summed E-state index contributed by atoms with van der Waals surface area (Å²) in [5.41, 5.74) is 3.23. The SMILES string of the molecule is CC(C)(C)C(=O)OCn1cnc([C@@H]2Nc3ccccc3C[C@@H]2CCNC(=O)[C@H]2CCCC[C@H]2NC(=O)c2ccccc2)c1. The number of carbonyl (C=O) groups excluding carboxylic acids is 3. The van der Waals surface area contributed by atoms with Crippen LogP contribution in [0.15, 0.2) is 67.1 Å². The summed E-state index contributed by atoms with van der Waals surface area (Å²) in [5.74, 6) is -0.443. The number of imidazole rings is 1. The molecule has 0 unspecified atom stereocenters. The van der Waals surface area contributed by atoms with Crippen molar-refractivity contribution in [2.75, 3.05) is 11.9 Å². The lowest BCUT2D eigenvalue weighted by Crippen LogP contribution is -2.48. The van der Waals surface area contributed by atoms with Crippen molar-refractivity contribution in [1.29, 1.82) is 0 Å². The van der Waals surface area contributed by atoms with Gasteiger partial charge in [0.1, 0.15) is 0 Å². The molecule has 1 saturated carbocycles. The van der Waals surface area contributed by atoms with E-state index >= 15 is 0 Å². The topological polar surface area (TPSA) is 114 Å². The summed E-state index contributed by atoms with van der Waals surface area (Å²) < 4.78 is 7.26. The molecule has 0 bridgehead atoms. The monoisotopic (exact) mass is 585 g/mol. The standard InChI is InChI=1S/C34H43N5O4/c1-34(2,3)33(42)43-22-39-20-29(36-21-39)30-25(19-24-13-7-9-15-27(24)37-30)17-18-35-32(41)26-14-8-10-16-28(26)38-31(40)23-11-5-4-6-12-23/h4-7,9,11-13,15,20-21,25-26,28,30,37H,8,10,14,16-19,22H2,1-3H3,(H,35,41)(H,38,40)/t25-,26-,28+,30+/m0/s1. The van der Waals surface area contributed by atoms with Gasteiger partial charge in [0, 0.05) is 30.0 Å². The van der Waals surface area contributed by atoms with Crippen molar-refractivity contribution >= 4 is 23.5 Å². The summed E-state index contributed by atoms with van der Waals surface area (Å²) in [7, 11) is 0. The average Bonchev–Trinajstić information content (AvgIpc) is 3.48. The number of amides is 2. The van der Waals surface area contributed by atoms with E-state index < -0.39 is 5.41 Å². The van der Waals surface area contributed by atoms with E-state index in [0.29, 0.717) is 12.1 Å². The second-order valence-electron chi connectivity index (χ2n) is 12.8. The second-order valence-corrected chi connectivity index (χ2v) is 12.8. The van der Waals surface area contributed by atoms with Crippen molar-refractivity contribution in [3.05, 3.63) is 83.9 Å². The number of rotatable bonds is 9. The van der Waals surface area contributed by atoms with Crippen LogP contribution in [-0.2, 0) is 27.5 Å². The number of esters is 1. The van der Waals surface area contributed by atoms with Crippen LogP contribution in [0.4, 0.5) is 5.69 Å². The van der Waals surface area contributed by atoms with Gasteiger partial charge in [0.2, 0.25) is 5.91 Å². The highest BCUT2D eigenvalue weighted by atomic mass is 16.5. The van der Waals surface area contributed by atoms with Crippen LogP contribution in [0, 0.1) is 17.3 Å². The van der Waals surface area contributed by atoms with Gasteiger partial charge in [-0.1, -0.05) is 49.2 Å². The zero-order valence-corrected chi connectivity index (χ0v) is 25.3. The third-order valence-electron chi connectivity index (χ3n) is 8.48. The Morgan fingerprint density at radius 2 is 1.77 bits per heavy atom. The van der Waals surface area contributed by atoms with E-state index in [1.54, 1.807) is 23.0 Å². The number of anilines is 1. The number of nitrogens with one attached hydrogen (secondary N) is 3. The van der Waals surface area contributed by atoms with Crippen LogP contribution in [0.1, 0.15) is 80.5 Å². The molecule has 2 aromatic carbocycles. The molecule has 1 aliphatic heterocycles. The van der Waals surface area contributed by atoms with E-state index in [0.717, 1.165) is 49.9 Å². The summed E-state index contributed by atoms with van der Waals surface area (Å²) >= 11 is 0. The Kier molecular flexibility index (Phi) is 9.48. The second kappa shape index (κ2) is 13.4. The quantitative estimate of drug-likeness (QED) is 0.296. The summed E-state index contributed by atoms with van der Waals surface area (Å²) in [6.45, 7) is 6.13. The van der Waals surface area contributed by atoms with Gasteiger partial charge in [-0.15, -0.1) is 0 Å². The van der Waals surface area contributed by atoms with Crippen LogP contribution < -0.4 is 16.0 Å². The molecule has 0 radical (unpaired) electrons. The first-order valence-electron chi connectivity index (χ1n) is 15.4. The third-order valence-corrected chi connectivity index (χ3v) is 8.48. The number of fused-ring (bicyclic) bond motifs is 1. The minimum atomic E-state index is -0.571. The van der Waals surface area contributed by atoms with Crippen molar-refractivity contribution < 1.29 is 19.1 Å². The van der Waals surface area contributed by atoms with Gasteiger partial charge < -0.3 is 25.3 Å². The molecule has 1 aliphatic carbocycles. The van der Waals surface area contributed by atoms with Crippen LogP contribution in [0.25, 0.3) is 0 Å². The maximum Gasteiger partial charge on any atom is 0.312 e. The molecule has 228 valence electrons. The van der Waals surface area contributed by atoms with Crippen LogP contribution in [0.2, 0.25) is 0 Å². The number of para-hydroxylation sites is 1. The normalized spacial score (nSPS) is 21.7. The lowest BCUT2D eigenvalue weighted by molar-refractivity contribution is -0.157. The first-order valence-corrected chi connectivity index (χ1v) is 15.4. The summed E-state index contributed by atoms with van der Waals surface area (Å²) in [6, 6.07) is 17.2. The number of benzene rings is 2. The van der Waals surface area contributed by atoms with Gasteiger partial charge in [0.05, 0.1) is 29.4 Å². The minimum absolute atomic E-state index is 0.00345. The molecule has 1 fully saturated rings. The first-order chi connectivity index (χ1) is 20.7. The van der Waals surface area contributed by atoms with Crippen LogP contribution in [0.5, 0.6) is 0 Å². The van der Waals surface area contributed by atoms with Crippen LogP contribution in [0.3, 0.4) is 0 Å². The Morgan fingerprint density at radius 1 is 1.02 bits per heavy atom. The molecule has 2 amide bonds. The highest BCUT2D eigenvalue weighted by Gasteiger charge is 2.34. The molecule has 9 nitrogen and oxygen atoms in total. The third kappa shape index (κ3) is 7.63. The van der Waals surface area contributed by atoms with Gasteiger partial charge in [-0.3, -0.25) is 14.4 Å². The van der Waals surface area contributed by atoms with Gasteiger partial charge in [-0.2, -0.15) is 0 Å². The fourth-order valence-corrected chi connectivity index (χ4v) is 6.04. The predicted octanol–water partition coefficient (Wildman–Crippen LogP) is 5.25. The highest BCUT2D eigenvalue weighted by molar-refractivity contribution is 5.94. The molecular formula is C34H43N5O4. The number of aromatic nitrogens is 2. The lowest BCUT2D eigenvalue weighted by atomic mass is 9.82. The molecule has 4 atom stereocenters. The van der Waals surface area contributed by atoms with Crippen LogP contribution >= 0.6 is 0 Å². The molecule has 3 N–H and O–H groups in total. The average molecular weight is 586 g/mol. The minimum Gasteiger partial charge on any atom is -0.443 e. The zero-order valence-electron chi connectivity index (χ0n) is 25.3. The van der Waals surface area contributed by atoms with Gasteiger partial charge in [-0.25, -0.2) is 4.98 Å². The van der Waals surface area contributed by atoms with E-state index in [9.17, 15) is 14.4 Å². The van der Waals surface area contributed by atoms with Crippen molar-refractivity contribution in [3.8, 4) is 0 Å². The first kappa shape index (κ1) is 30.3. The van der Waals surface area contributed by atoms with Crippen LogP contribution in [-0.4, -0.2) is 39.9 Å². The van der Waals surface area contributed by atoms with E-state index in [1.807, 2.05) is 57.3 Å². The molecular weight excluding hydrogens is 542 g/mol. The van der Waals surface area contributed by atoms with Crippen molar-refractivity contribution in [2.24, 2.45) is 17.3 Å². The Morgan fingerprint density at radius 3 is 2.56 bits per heavy atom. The van der Waals surface area contributed by atoms with E-state index in [-0.39, 0.29) is 48.4 Å². The molecule has 0 saturated heterocycles. The number of ether oxygens (including phenoxy) is 1. The number of hydrogen-bond donors (Lipinski definition) is 3. The summed E-state index contributed by atoms with van der Waals surface area (Å²) in [5, 5.41) is 9.98. The van der Waals surface area contributed by atoms with Gasteiger partial charge in [0.15, 0.2) is 6.73 Å². The largest absolute Gasteiger partial charge is 0.443 e. The summed E-state index contributed by atoms with van der Waals surface area (Å²) in [6.07, 6.45) is 8.79. The number of nitrogens with zero attached hydrogens (tertiary/aromatic N) is 2. The Labute approximate surface area is 253 Å². The lowest BCUT2D eigenvalue weighted by Gasteiger charge is -2.34. The molecule has 43 heavy (non-hydrogen) atoms. The molecule has 9 heteroatoms. The van der Waals surface area contributed by atoms with Gasteiger partial charge in [0.25, 0.3) is 5.91 Å². The van der Waals surface area contributed by atoms with Crippen molar-refractivity contribution in [3.63, 3.8) is 0 Å². The predicted molar refractivity (Wildman–Crippen MR) is 165 cm³/mol. The molecule has 1 aromatic heterocycles. The molecule has 0 spiro atoms. The van der Waals surface area contributed by atoms with E-state index in [4.69, 9.17) is 4.74 Å². The molecule has 2 heterocycles. The van der Waals surface area contributed by atoms with Crippen molar-refractivity contribution in [2.45, 2.75) is 78.1 Å². The zero-order chi connectivity index (χ0) is 30.4. The number of carbonyl (C=O) groups is 3. The van der Waals surface area contributed by atoms with Crippen molar-refractivity contribution in [1.82, 2.24) is 20.2 Å². The van der Waals surface area contributed by atoms with Gasteiger partial charge in [-0.05, 0) is 76.1 Å². The molecule has 2 aliphatic rings. The fraction of sp³-hybridized carbons (Fsp3) is 0.471. The fourth-order valence-electron chi connectivity index (χ4n) is 6.04. The number of hydrogen-bond acceptors (Lipinski definition) is 6. The Balaban J connectivity index is 1.21. The molecule has 5 rings (SSSR count). The maximum absolute atomic E-state index is 13.4.